The first kappa shape index (κ1) is 13.5. The summed E-state index contributed by atoms with van der Waals surface area (Å²) in [4.78, 5) is 6.59. The Balaban J connectivity index is 2.11. The van der Waals surface area contributed by atoms with Crippen molar-refractivity contribution in [2.75, 3.05) is 13.2 Å². The monoisotopic (exact) mass is 252 g/mol. The van der Waals surface area contributed by atoms with Crippen molar-refractivity contribution >= 4 is 0 Å². The maximum absolute atomic E-state index is 9.66. The molecule has 3 N–H and O–H groups in total. The molecule has 2 unspecified atom stereocenters. The van der Waals surface area contributed by atoms with Gasteiger partial charge in [-0.3, -0.25) is 4.90 Å². The Morgan fingerprint density at radius 1 is 1.44 bits per heavy atom. The fraction of sp³-hybridized carbons (Fsp3) is 0.769. The molecule has 102 valence electrons. The highest BCUT2D eigenvalue weighted by molar-refractivity contribution is 4.99. The van der Waals surface area contributed by atoms with Gasteiger partial charge in [0, 0.05) is 37.6 Å². The van der Waals surface area contributed by atoms with Gasteiger partial charge in [-0.05, 0) is 5.41 Å². The highest BCUT2D eigenvalue weighted by Crippen LogP contribution is 2.24. The molecule has 2 atom stereocenters. The van der Waals surface area contributed by atoms with Gasteiger partial charge >= 0.3 is 0 Å². The standard InChI is InChI=1S/C13H24N4O/c1-13(2,3)12(14)10(9-18)17-7-6-16-5-4-15-11(16)8-17/h4-5,10,12,18H,6-9,14H2,1-3H3. The first-order valence-electron chi connectivity index (χ1n) is 6.54. The zero-order valence-corrected chi connectivity index (χ0v) is 11.5. The molecule has 5 nitrogen and oxygen atoms in total. The third kappa shape index (κ3) is 2.58. The van der Waals surface area contributed by atoms with Crippen LogP contribution < -0.4 is 5.73 Å². The molecule has 0 radical (unpaired) electrons. The molecule has 1 aliphatic rings. The van der Waals surface area contributed by atoms with Crippen LogP contribution in [0.5, 0.6) is 0 Å². The molecule has 2 rings (SSSR count). The zero-order valence-electron chi connectivity index (χ0n) is 11.5. The van der Waals surface area contributed by atoms with E-state index < -0.39 is 0 Å². The molecule has 0 saturated carbocycles. The Bertz CT molecular complexity index is 396. The normalized spacial score (nSPS) is 20.5. The van der Waals surface area contributed by atoms with Gasteiger partial charge in [0.05, 0.1) is 13.2 Å². The minimum Gasteiger partial charge on any atom is -0.395 e. The summed E-state index contributed by atoms with van der Waals surface area (Å²) in [5, 5.41) is 9.66. The second-order valence-corrected chi connectivity index (χ2v) is 6.15. The van der Waals surface area contributed by atoms with Crippen LogP contribution in [0.15, 0.2) is 12.4 Å². The molecular weight excluding hydrogens is 228 g/mol. The van der Waals surface area contributed by atoms with Gasteiger partial charge in [0.1, 0.15) is 5.82 Å². The van der Waals surface area contributed by atoms with E-state index in [1.165, 1.54) is 0 Å². The fourth-order valence-electron chi connectivity index (χ4n) is 2.51. The maximum Gasteiger partial charge on any atom is 0.122 e. The maximum atomic E-state index is 9.66. The van der Waals surface area contributed by atoms with Crippen LogP contribution in [-0.2, 0) is 13.1 Å². The van der Waals surface area contributed by atoms with Crippen LogP contribution in [0.2, 0.25) is 0 Å². The Morgan fingerprint density at radius 2 is 2.17 bits per heavy atom. The van der Waals surface area contributed by atoms with Crippen molar-refractivity contribution in [2.45, 2.75) is 45.9 Å². The van der Waals surface area contributed by atoms with E-state index in [1.54, 1.807) is 0 Å². The third-order valence-electron chi connectivity index (χ3n) is 3.84. The van der Waals surface area contributed by atoms with E-state index in [-0.39, 0.29) is 24.1 Å². The van der Waals surface area contributed by atoms with E-state index in [1.807, 2.05) is 12.4 Å². The molecule has 1 aromatic heterocycles. The molecule has 0 saturated heterocycles. The van der Waals surface area contributed by atoms with E-state index in [2.05, 4.69) is 35.2 Å². The predicted octanol–water partition coefficient (Wildman–Crippen LogP) is 0.433. The summed E-state index contributed by atoms with van der Waals surface area (Å²) < 4.78 is 2.16. The molecule has 0 bridgehead atoms. The highest BCUT2D eigenvalue weighted by Gasteiger charge is 2.34. The van der Waals surface area contributed by atoms with Crippen LogP contribution in [-0.4, -0.2) is 44.8 Å². The van der Waals surface area contributed by atoms with Gasteiger partial charge in [0.25, 0.3) is 0 Å². The first-order valence-corrected chi connectivity index (χ1v) is 6.54. The molecule has 0 fully saturated rings. The van der Waals surface area contributed by atoms with Crippen molar-refractivity contribution in [3.05, 3.63) is 18.2 Å². The lowest BCUT2D eigenvalue weighted by Crippen LogP contribution is -2.56. The molecule has 5 heteroatoms. The summed E-state index contributed by atoms with van der Waals surface area (Å²) in [7, 11) is 0. The van der Waals surface area contributed by atoms with E-state index >= 15 is 0 Å². The first-order chi connectivity index (χ1) is 8.43. The lowest BCUT2D eigenvalue weighted by molar-refractivity contribution is 0.0514. The number of hydrogen-bond donors (Lipinski definition) is 2. The molecule has 0 aliphatic carbocycles. The minimum atomic E-state index is -0.0518. The van der Waals surface area contributed by atoms with Gasteiger partial charge in [-0.25, -0.2) is 4.98 Å². The Hall–Kier alpha value is -0.910. The number of aliphatic hydroxyl groups excluding tert-OH is 1. The number of nitrogens with two attached hydrogens (primary N) is 1. The van der Waals surface area contributed by atoms with E-state index in [0.717, 1.165) is 25.5 Å². The van der Waals surface area contributed by atoms with Crippen LogP contribution in [0.25, 0.3) is 0 Å². The molecule has 18 heavy (non-hydrogen) atoms. The third-order valence-corrected chi connectivity index (χ3v) is 3.84. The number of hydrogen-bond acceptors (Lipinski definition) is 4. The van der Waals surface area contributed by atoms with Gasteiger partial charge in [0.2, 0.25) is 0 Å². The summed E-state index contributed by atoms with van der Waals surface area (Å²) in [5.74, 6) is 1.06. The van der Waals surface area contributed by atoms with E-state index in [9.17, 15) is 5.11 Å². The van der Waals surface area contributed by atoms with Gasteiger partial charge in [-0.1, -0.05) is 20.8 Å². The number of imidazole rings is 1. The molecule has 2 heterocycles. The number of fused-ring (bicyclic) bond motifs is 1. The molecule has 1 aliphatic heterocycles. The quantitative estimate of drug-likeness (QED) is 0.819. The number of rotatable bonds is 3. The largest absolute Gasteiger partial charge is 0.395 e. The fourth-order valence-corrected chi connectivity index (χ4v) is 2.51. The minimum absolute atomic E-state index is 0.00421. The lowest BCUT2D eigenvalue weighted by Gasteiger charge is -2.41. The Labute approximate surface area is 109 Å². The van der Waals surface area contributed by atoms with Crippen LogP contribution in [0, 0.1) is 5.41 Å². The lowest BCUT2D eigenvalue weighted by atomic mass is 9.82. The van der Waals surface area contributed by atoms with Crippen LogP contribution in [0.4, 0.5) is 0 Å². The number of aromatic nitrogens is 2. The average Bonchev–Trinajstić information content (AvgIpc) is 2.76. The second kappa shape index (κ2) is 4.99. The van der Waals surface area contributed by atoms with Crippen molar-refractivity contribution in [2.24, 2.45) is 11.1 Å². The zero-order chi connectivity index (χ0) is 13.3. The molecule has 0 aromatic carbocycles. The number of aliphatic hydroxyl groups is 1. The second-order valence-electron chi connectivity index (χ2n) is 6.15. The summed E-state index contributed by atoms with van der Waals surface area (Å²) in [6.07, 6.45) is 3.83. The average molecular weight is 252 g/mol. The molecule has 1 aromatic rings. The predicted molar refractivity (Wildman–Crippen MR) is 70.9 cm³/mol. The van der Waals surface area contributed by atoms with E-state index in [0.29, 0.717) is 0 Å². The van der Waals surface area contributed by atoms with Crippen molar-refractivity contribution in [1.29, 1.82) is 0 Å². The Morgan fingerprint density at radius 3 is 2.78 bits per heavy atom. The van der Waals surface area contributed by atoms with Crippen LogP contribution in [0.3, 0.4) is 0 Å². The summed E-state index contributed by atoms with van der Waals surface area (Å²) >= 11 is 0. The summed E-state index contributed by atoms with van der Waals surface area (Å²) in [6, 6.07) is -0.0561. The van der Waals surface area contributed by atoms with Crippen molar-refractivity contribution in [3.8, 4) is 0 Å². The molecule has 0 amide bonds. The smallest absolute Gasteiger partial charge is 0.122 e. The molecular formula is C13H24N4O. The van der Waals surface area contributed by atoms with Crippen molar-refractivity contribution in [3.63, 3.8) is 0 Å². The Kier molecular flexibility index (Phi) is 3.75. The molecule has 0 spiro atoms. The topological polar surface area (TPSA) is 67.3 Å². The van der Waals surface area contributed by atoms with Gasteiger partial charge in [-0.15, -0.1) is 0 Å². The van der Waals surface area contributed by atoms with Gasteiger partial charge < -0.3 is 15.4 Å². The van der Waals surface area contributed by atoms with Gasteiger partial charge in [-0.2, -0.15) is 0 Å². The van der Waals surface area contributed by atoms with Crippen molar-refractivity contribution < 1.29 is 5.11 Å². The highest BCUT2D eigenvalue weighted by atomic mass is 16.3. The van der Waals surface area contributed by atoms with Gasteiger partial charge in [0.15, 0.2) is 0 Å². The summed E-state index contributed by atoms with van der Waals surface area (Å²) in [5.41, 5.74) is 6.29. The van der Waals surface area contributed by atoms with Crippen molar-refractivity contribution in [1.82, 2.24) is 14.5 Å². The van der Waals surface area contributed by atoms with Crippen LogP contribution in [0.1, 0.15) is 26.6 Å². The van der Waals surface area contributed by atoms with E-state index in [4.69, 9.17) is 5.73 Å². The van der Waals surface area contributed by atoms with Crippen LogP contribution >= 0.6 is 0 Å². The SMILES string of the molecule is CC(C)(C)C(N)C(CO)N1CCn2ccnc2C1. The summed E-state index contributed by atoms with van der Waals surface area (Å²) in [6.45, 7) is 9.05. The number of nitrogens with zero attached hydrogens (tertiary/aromatic N) is 3.